The van der Waals surface area contributed by atoms with Crippen LogP contribution in [0.5, 0.6) is 0 Å². The van der Waals surface area contributed by atoms with Crippen molar-refractivity contribution in [2.45, 2.75) is 19.4 Å². The lowest BCUT2D eigenvalue weighted by Crippen LogP contribution is -2.17. The highest BCUT2D eigenvalue weighted by atomic mass is 16.5. The zero-order valence-corrected chi connectivity index (χ0v) is 10.2. The SMILES string of the molecule is COCC(O)Cc1cc(C)nc2ccccc12. The van der Waals surface area contributed by atoms with E-state index >= 15 is 0 Å². The van der Waals surface area contributed by atoms with Crippen molar-refractivity contribution < 1.29 is 9.84 Å². The number of aliphatic hydroxyl groups is 1. The van der Waals surface area contributed by atoms with E-state index in [0.717, 1.165) is 22.2 Å². The summed E-state index contributed by atoms with van der Waals surface area (Å²) in [6.07, 6.45) is 0.128. The van der Waals surface area contributed by atoms with Crippen LogP contribution in [-0.2, 0) is 11.2 Å². The summed E-state index contributed by atoms with van der Waals surface area (Å²) in [5.41, 5.74) is 3.08. The van der Waals surface area contributed by atoms with Crippen LogP contribution < -0.4 is 0 Å². The van der Waals surface area contributed by atoms with E-state index < -0.39 is 6.10 Å². The quantitative estimate of drug-likeness (QED) is 0.876. The summed E-state index contributed by atoms with van der Waals surface area (Å²) < 4.78 is 4.95. The molecule has 1 unspecified atom stereocenters. The molecule has 0 fully saturated rings. The summed E-state index contributed by atoms with van der Waals surface area (Å²) in [7, 11) is 1.60. The molecular weight excluding hydrogens is 214 g/mol. The molecule has 90 valence electrons. The van der Waals surface area contributed by atoms with E-state index in [1.54, 1.807) is 7.11 Å². The predicted molar refractivity (Wildman–Crippen MR) is 68.1 cm³/mol. The summed E-state index contributed by atoms with van der Waals surface area (Å²) >= 11 is 0. The van der Waals surface area contributed by atoms with Gasteiger partial charge in [0.25, 0.3) is 0 Å². The van der Waals surface area contributed by atoms with Gasteiger partial charge in [-0.1, -0.05) is 18.2 Å². The second-order valence-electron chi connectivity index (χ2n) is 4.25. The molecule has 1 atom stereocenters. The van der Waals surface area contributed by atoms with Gasteiger partial charge in [-0.25, -0.2) is 0 Å². The number of pyridine rings is 1. The van der Waals surface area contributed by atoms with Crippen molar-refractivity contribution in [3.8, 4) is 0 Å². The van der Waals surface area contributed by atoms with E-state index in [0.29, 0.717) is 13.0 Å². The predicted octanol–water partition coefficient (Wildman–Crippen LogP) is 2.09. The molecule has 2 aromatic rings. The fourth-order valence-corrected chi connectivity index (χ4v) is 2.07. The molecule has 1 aromatic heterocycles. The van der Waals surface area contributed by atoms with Gasteiger partial charge in [0.15, 0.2) is 0 Å². The van der Waals surface area contributed by atoms with Gasteiger partial charge in [-0.2, -0.15) is 0 Å². The number of hydrogen-bond acceptors (Lipinski definition) is 3. The van der Waals surface area contributed by atoms with Crippen molar-refractivity contribution in [2.24, 2.45) is 0 Å². The summed E-state index contributed by atoms with van der Waals surface area (Å²) in [6, 6.07) is 10.0. The molecule has 0 spiro atoms. The Morgan fingerprint density at radius 1 is 1.35 bits per heavy atom. The van der Waals surface area contributed by atoms with Crippen molar-refractivity contribution >= 4 is 10.9 Å². The highest BCUT2D eigenvalue weighted by molar-refractivity contribution is 5.82. The Morgan fingerprint density at radius 2 is 2.12 bits per heavy atom. The van der Waals surface area contributed by atoms with E-state index in [9.17, 15) is 5.11 Å². The van der Waals surface area contributed by atoms with Gasteiger partial charge < -0.3 is 9.84 Å². The first-order valence-corrected chi connectivity index (χ1v) is 5.73. The Hall–Kier alpha value is -1.45. The van der Waals surface area contributed by atoms with E-state index in [1.807, 2.05) is 37.3 Å². The highest BCUT2D eigenvalue weighted by Gasteiger charge is 2.09. The van der Waals surface area contributed by atoms with Crippen LogP contribution in [0.15, 0.2) is 30.3 Å². The Balaban J connectivity index is 2.38. The van der Waals surface area contributed by atoms with Gasteiger partial charge in [0.1, 0.15) is 0 Å². The molecule has 0 amide bonds. The molecule has 1 N–H and O–H groups in total. The van der Waals surface area contributed by atoms with Gasteiger partial charge in [-0.05, 0) is 24.6 Å². The topological polar surface area (TPSA) is 42.4 Å². The van der Waals surface area contributed by atoms with E-state index in [4.69, 9.17) is 4.74 Å². The third-order valence-electron chi connectivity index (χ3n) is 2.74. The van der Waals surface area contributed by atoms with Gasteiger partial charge in [0, 0.05) is 24.6 Å². The molecule has 0 aliphatic heterocycles. The molecule has 0 bridgehead atoms. The van der Waals surface area contributed by atoms with Crippen LogP contribution >= 0.6 is 0 Å². The maximum absolute atomic E-state index is 9.81. The molecule has 0 saturated heterocycles. The van der Waals surface area contributed by atoms with Crippen molar-refractivity contribution in [3.05, 3.63) is 41.6 Å². The van der Waals surface area contributed by atoms with Crippen molar-refractivity contribution in [1.82, 2.24) is 4.98 Å². The Kier molecular flexibility index (Phi) is 3.71. The number of aliphatic hydroxyl groups excluding tert-OH is 1. The zero-order chi connectivity index (χ0) is 12.3. The van der Waals surface area contributed by atoms with Crippen LogP contribution in [0.25, 0.3) is 10.9 Å². The number of benzene rings is 1. The van der Waals surface area contributed by atoms with Gasteiger partial charge in [0.05, 0.1) is 18.2 Å². The maximum Gasteiger partial charge on any atom is 0.0813 e. The average molecular weight is 231 g/mol. The third kappa shape index (κ3) is 2.81. The minimum Gasteiger partial charge on any atom is -0.390 e. The van der Waals surface area contributed by atoms with E-state index in [2.05, 4.69) is 4.98 Å². The number of hydrogen-bond donors (Lipinski definition) is 1. The molecular formula is C14H17NO2. The standard InChI is InChI=1S/C14H17NO2/c1-10-7-11(8-12(16)9-17-2)13-5-3-4-6-14(13)15-10/h3-7,12,16H,8-9H2,1-2H3. The Morgan fingerprint density at radius 3 is 2.88 bits per heavy atom. The fourth-order valence-electron chi connectivity index (χ4n) is 2.07. The van der Waals surface area contributed by atoms with Crippen molar-refractivity contribution in [2.75, 3.05) is 13.7 Å². The lowest BCUT2D eigenvalue weighted by molar-refractivity contribution is 0.0652. The zero-order valence-electron chi connectivity index (χ0n) is 10.2. The van der Waals surface area contributed by atoms with Gasteiger partial charge in [-0.15, -0.1) is 0 Å². The van der Waals surface area contributed by atoms with Gasteiger partial charge in [-0.3, -0.25) is 4.98 Å². The van der Waals surface area contributed by atoms with Crippen LogP contribution in [0.4, 0.5) is 0 Å². The summed E-state index contributed by atoms with van der Waals surface area (Å²) in [5.74, 6) is 0. The Bertz CT molecular complexity index is 511. The number of ether oxygens (including phenoxy) is 1. The molecule has 0 radical (unpaired) electrons. The lowest BCUT2D eigenvalue weighted by Gasteiger charge is -2.12. The summed E-state index contributed by atoms with van der Waals surface area (Å²) in [6.45, 7) is 2.33. The van der Waals surface area contributed by atoms with Crippen LogP contribution in [0.1, 0.15) is 11.3 Å². The largest absolute Gasteiger partial charge is 0.390 e. The van der Waals surface area contributed by atoms with E-state index in [-0.39, 0.29) is 0 Å². The first-order chi connectivity index (χ1) is 8.20. The van der Waals surface area contributed by atoms with Gasteiger partial charge in [0.2, 0.25) is 0 Å². The molecule has 3 heteroatoms. The number of aryl methyl sites for hydroxylation is 1. The molecule has 0 aliphatic carbocycles. The molecule has 1 heterocycles. The summed E-state index contributed by atoms with van der Waals surface area (Å²) in [4.78, 5) is 4.48. The number of nitrogens with zero attached hydrogens (tertiary/aromatic N) is 1. The average Bonchev–Trinajstić information content (AvgIpc) is 2.29. The maximum atomic E-state index is 9.81. The number of fused-ring (bicyclic) bond motifs is 1. The first kappa shape index (κ1) is 12.0. The molecule has 1 aromatic carbocycles. The lowest BCUT2D eigenvalue weighted by atomic mass is 10.0. The van der Waals surface area contributed by atoms with E-state index in [1.165, 1.54) is 0 Å². The Labute approximate surface area is 101 Å². The van der Waals surface area contributed by atoms with Crippen molar-refractivity contribution in [3.63, 3.8) is 0 Å². The monoisotopic (exact) mass is 231 g/mol. The second-order valence-corrected chi connectivity index (χ2v) is 4.25. The molecule has 2 rings (SSSR count). The highest BCUT2D eigenvalue weighted by Crippen LogP contribution is 2.19. The van der Waals surface area contributed by atoms with Crippen LogP contribution in [0.2, 0.25) is 0 Å². The first-order valence-electron chi connectivity index (χ1n) is 5.73. The van der Waals surface area contributed by atoms with Crippen LogP contribution in [0.3, 0.4) is 0 Å². The van der Waals surface area contributed by atoms with Crippen LogP contribution in [0, 0.1) is 6.92 Å². The number of rotatable bonds is 4. The fraction of sp³-hybridized carbons (Fsp3) is 0.357. The third-order valence-corrected chi connectivity index (χ3v) is 2.74. The number of para-hydroxylation sites is 1. The van der Waals surface area contributed by atoms with Gasteiger partial charge >= 0.3 is 0 Å². The van der Waals surface area contributed by atoms with Crippen molar-refractivity contribution in [1.29, 1.82) is 0 Å². The molecule has 17 heavy (non-hydrogen) atoms. The normalized spacial score (nSPS) is 12.9. The number of aromatic nitrogens is 1. The molecule has 3 nitrogen and oxygen atoms in total. The minimum atomic E-state index is -0.467. The molecule has 0 aliphatic rings. The smallest absolute Gasteiger partial charge is 0.0813 e. The summed E-state index contributed by atoms with van der Waals surface area (Å²) in [5, 5.41) is 10.9. The van der Waals surface area contributed by atoms with Crippen LogP contribution in [-0.4, -0.2) is 29.9 Å². The molecule has 0 saturated carbocycles. The second kappa shape index (κ2) is 5.25. The number of methoxy groups -OCH3 is 1. The minimum absolute atomic E-state index is 0.357.